The number of methoxy groups -OCH3 is 2. The van der Waals surface area contributed by atoms with Crippen LogP contribution in [0.3, 0.4) is 0 Å². The summed E-state index contributed by atoms with van der Waals surface area (Å²) < 4.78 is 15.4. The summed E-state index contributed by atoms with van der Waals surface area (Å²) in [4.78, 5) is 23.6. The Morgan fingerprint density at radius 1 is 1.14 bits per heavy atom. The number of hydrogen-bond donors (Lipinski definition) is 1. The molecule has 1 heterocycles. The van der Waals surface area contributed by atoms with Crippen molar-refractivity contribution in [2.45, 2.75) is 12.8 Å². The number of carbonyl (C=O) groups excluding carboxylic acids is 1. The van der Waals surface area contributed by atoms with Gasteiger partial charge in [-0.3, -0.25) is 4.79 Å². The predicted octanol–water partition coefficient (Wildman–Crippen LogP) is 2.81. The van der Waals surface area contributed by atoms with Crippen molar-refractivity contribution in [3.8, 4) is 11.5 Å². The Kier molecular flexibility index (Phi) is 4.83. The average molecular weight is 304 g/mol. The number of aryl methyl sites for hydroxylation is 1. The molecule has 6 nitrogen and oxygen atoms in total. The van der Waals surface area contributed by atoms with Gasteiger partial charge in [-0.2, -0.15) is 0 Å². The number of ether oxygens (including phenoxy) is 2. The van der Waals surface area contributed by atoms with Crippen LogP contribution in [-0.4, -0.2) is 31.1 Å². The number of aromatic carboxylic acids is 1. The van der Waals surface area contributed by atoms with E-state index in [1.54, 1.807) is 12.1 Å². The fourth-order valence-electron chi connectivity index (χ4n) is 2.11. The Morgan fingerprint density at radius 3 is 2.36 bits per heavy atom. The van der Waals surface area contributed by atoms with Crippen molar-refractivity contribution < 1.29 is 28.6 Å². The number of carboxylic acids is 1. The molecule has 0 bridgehead atoms. The summed E-state index contributed by atoms with van der Waals surface area (Å²) in [6.07, 6.45) is 2.16. The monoisotopic (exact) mass is 304 g/mol. The molecular formula is C16H16O6. The van der Waals surface area contributed by atoms with Gasteiger partial charge in [-0.15, -0.1) is 0 Å². The van der Waals surface area contributed by atoms with Crippen molar-refractivity contribution in [3.63, 3.8) is 0 Å². The Balaban J connectivity index is 2.29. The number of hydrogen-bond acceptors (Lipinski definition) is 5. The lowest BCUT2D eigenvalue weighted by atomic mass is 10.0. The maximum Gasteiger partial charge on any atom is 0.339 e. The van der Waals surface area contributed by atoms with Gasteiger partial charge in [0.1, 0.15) is 22.8 Å². The third kappa shape index (κ3) is 3.28. The lowest BCUT2D eigenvalue weighted by Crippen LogP contribution is -2.08. The van der Waals surface area contributed by atoms with Gasteiger partial charge >= 0.3 is 5.97 Å². The van der Waals surface area contributed by atoms with Gasteiger partial charge < -0.3 is 19.0 Å². The van der Waals surface area contributed by atoms with E-state index in [9.17, 15) is 14.7 Å². The van der Waals surface area contributed by atoms with Gasteiger partial charge in [0.05, 0.1) is 26.0 Å². The number of rotatable bonds is 7. The molecule has 0 saturated carbocycles. The highest BCUT2D eigenvalue weighted by atomic mass is 16.5. The van der Waals surface area contributed by atoms with Gasteiger partial charge in [0.15, 0.2) is 5.78 Å². The van der Waals surface area contributed by atoms with Crippen LogP contribution < -0.4 is 9.47 Å². The number of ketones is 1. The molecule has 116 valence electrons. The van der Waals surface area contributed by atoms with Gasteiger partial charge in [-0.05, 0) is 18.2 Å². The van der Waals surface area contributed by atoms with Crippen LogP contribution in [0.2, 0.25) is 0 Å². The quantitative estimate of drug-likeness (QED) is 0.792. The molecule has 0 saturated heterocycles. The van der Waals surface area contributed by atoms with Crippen LogP contribution in [0.1, 0.15) is 32.9 Å². The van der Waals surface area contributed by atoms with Crippen molar-refractivity contribution in [2.24, 2.45) is 0 Å². The molecule has 0 fully saturated rings. The molecule has 0 amide bonds. The highest BCUT2D eigenvalue weighted by molar-refractivity contribution is 6.02. The molecule has 0 aliphatic heterocycles. The zero-order chi connectivity index (χ0) is 16.1. The van der Waals surface area contributed by atoms with E-state index in [1.807, 2.05) is 0 Å². The first-order chi connectivity index (χ1) is 10.6. The van der Waals surface area contributed by atoms with Crippen LogP contribution in [0.5, 0.6) is 11.5 Å². The summed E-state index contributed by atoms with van der Waals surface area (Å²) >= 11 is 0. The van der Waals surface area contributed by atoms with Crippen molar-refractivity contribution in [3.05, 3.63) is 47.4 Å². The Morgan fingerprint density at radius 2 is 1.82 bits per heavy atom. The molecule has 2 rings (SSSR count). The van der Waals surface area contributed by atoms with Crippen LogP contribution in [0, 0.1) is 0 Å². The van der Waals surface area contributed by atoms with Crippen molar-refractivity contribution in [2.75, 3.05) is 14.2 Å². The molecule has 6 heteroatoms. The topological polar surface area (TPSA) is 86.0 Å². The first kappa shape index (κ1) is 15.6. The van der Waals surface area contributed by atoms with Crippen LogP contribution in [-0.2, 0) is 6.42 Å². The first-order valence-corrected chi connectivity index (χ1v) is 6.61. The molecule has 0 atom stereocenters. The van der Waals surface area contributed by atoms with Gasteiger partial charge in [-0.25, -0.2) is 4.79 Å². The molecule has 1 aromatic heterocycles. The normalized spacial score (nSPS) is 10.3. The molecule has 0 spiro atoms. The van der Waals surface area contributed by atoms with E-state index in [1.165, 1.54) is 32.6 Å². The minimum Gasteiger partial charge on any atom is -0.496 e. The lowest BCUT2D eigenvalue weighted by Gasteiger charge is -2.12. The molecule has 1 N–H and O–H groups in total. The molecule has 0 radical (unpaired) electrons. The number of benzene rings is 1. The van der Waals surface area contributed by atoms with Crippen LogP contribution in [0.4, 0.5) is 0 Å². The molecule has 0 unspecified atom stereocenters. The minimum absolute atomic E-state index is 0.0790. The van der Waals surface area contributed by atoms with Crippen molar-refractivity contribution >= 4 is 11.8 Å². The molecule has 1 aromatic carbocycles. The van der Waals surface area contributed by atoms with E-state index in [0.29, 0.717) is 12.2 Å². The average Bonchev–Trinajstić information content (AvgIpc) is 3.04. The summed E-state index contributed by atoms with van der Waals surface area (Å²) in [5, 5.41) is 9.20. The lowest BCUT2D eigenvalue weighted by molar-refractivity contribution is 0.0693. The first-order valence-electron chi connectivity index (χ1n) is 6.61. The summed E-state index contributed by atoms with van der Waals surface area (Å²) in [5.74, 6) is -0.268. The fraction of sp³-hybridized carbons (Fsp3) is 0.250. The van der Waals surface area contributed by atoms with Gasteiger partial charge in [-0.1, -0.05) is 0 Å². The van der Waals surface area contributed by atoms with Crippen molar-refractivity contribution in [1.29, 1.82) is 0 Å². The number of furan rings is 1. The highest BCUT2D eigenvalue weighted by Crippen LogP contribution is 2.30. The zero-order valence-corrected chi connectivity index (χ0v) is 12.3. The fourth-order valence-corrected chi connectivity index (χ4v) is 2.11. The Labute approximate surface area is 127 Å². The van der Waals surface area contributed by atoms with Gasteiger partial charge in [0.25, 0.3) is 0 Å². The van der Waals surface area contributed by atoms with Gasteiger partial charge in [0.2, 0.25) is 0 Å². The molecule has 0 aliphatic rings. The smallest absolute Gasteiger partial charge is 0.339 e. The van der Waals surface area contributed by atoms with Gasteiger partial charge in [0, 0.05) is 18.9 Å². The van der Waals surface area contributed by atoms with E-state index in [-0.39, 0.29) is 34.8 Å². The second-order valence-corrected chi connectivity index (χ2v) is 4.56. The largest absolute Gasteiger partial charge is 0.496 e. The second-order valence-electron chi connectivity index (χ2n) is 4.56. The number of Topliss-reactive ketones (excluding diaryl/α,β-unsaturated/α-hetero) is 1. The van der Waals surface area contributed by atoms with E-state index in [2.05, 4.69) is 0 Å². The van der Waals surface area contributed by atoms with E-state index in [4.69, 9.17) is 13.9 Å². The van der Waals surface area contributed by atoms with Crippen LogP contribution >= 0.6 is 0 Å². The number of carboxylic acid groups (broad SMARTS) is 1. The number of carbonyl (C=O) groups is 2. The van der Waals surface area contributed by atoms with Crippen LogP contribution in [0.25, 0.3) is 0 Å². The maximum atomic E-state index is 12.3. The predicted molar refractivity (Wildman–Crippen MR) is 77.9 cm³/mol. The molecule has 2 aromatic rings. The van der Waals surface area contributed by atoms with E-state index < -0.39 is 5.97 Å². The third-order valence-corrected chi connectivity index (χ3v) is 3.23. The maximum absolute atomic E-state index is 12.3. The second kappa shape index (κ2) is 6.80. The molecular weight excluding hydrogens is 288 g/mol. The van der Waals surface area contributed by atoms with Crippen LogP contribution in [0.15, 0.2) is 34.9 Å². The van der Waals surface area contributed by atoms with E-state index in [0.717, 1.165) is 0 Å². The summed E-state index contributed by atoms with van der Waals surface area (Å²) in [6.45, 7) is 0. The Hall–Kier alpha value is -2.76. The molecule has 0 aliphatic carbocycles. The SMILES string of the molecule is COc1cc(OC)c(C(=O)CCc2ccco2)cc1C(=O)O. The zero-order valence-electron chi connectivity index (χ0n) is 12.3. The minimum atomic E-state index is -1.17. The van der Waals surface area contributed by atoms with Crippen molar-refractivity contribution in [1.82, 2.24) is 0 Å². The standard InChI is InChI=1S/C16H16O6/c1-20-14-9-15(21-2)12(16(18)19)8-11(14)13(17)6-5-10-4-3-7-22-10/h3-4,7-9H,5-6H2,1-2H3,(H,18,19). The summed E-state index contributed by atoms with van der Waals surface area (Å²) in [5.41, 5.74) is 0.136. The molecule has 22 heavy (non-hydrogen) atoms. The van der Waals surface area contributed by atoms with E-state index >= 15 is 0 Å². The summed E-state index contributed by atoms with van der Waals surface area (Å²) in [7, 11) is 2.78. The summed E-state index contributed by atoms with van der Waals surface area (Å²) in [6, 6.07) is 6.21. The Bertz CT molecular complexity index is 672. The highest BCUT2D eigenvalue weighted by Gasteiger charge is 2.20. The third-order valence-electron chi connectivity index (χ3n) is 3.23.